The number of esters is 1. The highest BCUT2D eigenvalue weighted by molar-refractivity contribution is 5.69. The summed E-state index contributed by atoms with van der Waals surface area (Å²) in [6.45, 7) is 12.6. The van der Waals surface area contributed by atoms with Gasteiger partial charge in [-0.3, -0.25) is 4.79 Å². The Morgan fingerprint density at radius 3 is 1.94 bits per heavy atom. The molecule has 3 nitrogen and oxygen atoms in total. The first-order chi connectivity index (χ1) is 7.60. The summed E-state index contributed by atoms with van der Waals surface area (Å²) in [7, 11) is 0. The monoisotopic (exact) mass is 244 g/mol. The van der Waals surface area contributed by atoms with Crippen molar-refractivity contribution < 1.29 is 14.3 Å². The van der Waals surface area contributed by atoms with E-state index in [1.54, 1.807) is 0 Å². The smallest absolute Gasteiger partial charge is 0.306 e. The van der Waals surface area contributed by atoms with Crippen molar-refractivity contribution in [2.45, 2.75) is 78.4 Å². The van der Waals surface area contributed by atoms with E-state index in [1.807, 2.05) is 41.5 Å². The molecule has 0 radical (unpaired) electrons. The van der Waals surface area contributed by atoms with Gasteiger partial charge in [-0.15, -0.1) is 0 Å². The normalized spacial score (nSPS) is 12.6. The predicted molar refractivity (Wildman–Crippen MR) is 70.0 cm³/mol. The second-order valence-electron chi connectivity index (χ2n) is 6.36. The third-order valence-electron chi connectivity index (χ3n) is 1.98. The van der Waals surface area contributed by atoms with E-state index >= 15 is 0 Å². The zero-order chi connectivity index (χ0) is 13.5. The fourth-order valence-electron chi connectivity index (χ4n) is 1.32. The second kappa shape index (κ2) is 7.00. The predicted octanol–water partition coefficient (Wildman–Crippen LogP) is 3.70. The molecule has 0 aromatic heterocycles. The number of carbonyl (C=O) groups is 1. The fraction of sp³-hybridized carbons (Fsp3) is 0.929. The Bertz CT molecular complexity index is 221. The molecule has 0 heterocycles. The molecule has 3 heteroatoms. The van der Waals surface area contributed by atoms with Crippen LogP contribution in [0.25, 0.3) is 0 Å². The Hall–Kier alpha value is -0.570. The van der Waals surface area contributed by atoms with Crippen molar-refractivity contribution in [3.8, 4) is 0 Å². The van der Waals surface area contributed by atoms with E-state index in [0.717, 1.165) is 25.9 Å². The molecule has 0 aromatic carbocycles. The number of unbranched alkanes of at least 4 members (excludes halogenated alkanes) is 2. The Morgan fingerprint density at radius 1 is 0.882 bits per heavy atom. The molecule has 0 aliphatic heterocycles. The Balaban J connectivity index is 3.44. The highest BCUT2D eigenvalue weighted by Gasteiger charge is 2.15. The molecule has 0 aromatic rings. The first-order valence-electron chi connectivity index (χ1n) is 6.46. The largest absolute Gasteiger partial charge is 0.460 e. The van der Waals surface area contributed by atoms with Gasteiger partial charge < -0.3 is 9.47 Å². The average Bonchev–Trinajstić information content (AvgIpc) is 2.06. The van der Waals surface area contributed by atoms with Crippen LogP contribution in [-0.4, -0.2) is 23.8 Å². The summed E-state index contributed by atoms with van der Waals surface area (Å²) in [5, 5.41) is 0. The van der Waals surface area contributed by atoms with E-state index in [2.05, 4.69) is 0 Å². The number of hydrogen-bond donors (Lipinski definition) is 0. The van der Waals surface area contributed by atoms with Crippen molar-refractivity contribution >= 4 is 5.97 Å². The summed E-state index contributed by atoms with van der Waals surface area (Å²) in [6.07, 6.45) is 3.39. The summed E-state index contributed by atoms with van der Waals surface area (Å²) >= 11 is 0. The lowest BCUT2D eigenvalue weighted by Crippen LogP contribution is -2.23. The van der Waals surface area contributed by atoms with Crippen molar-refractivity contribution in [1.29, 1.82) is 0 Å². The van der Waals surface area contributed by atoms with Crippen molar-refractivity contribution in [2.24, 2.45) is 0 Å². The van der Waals surface area contributed by atoms with Crippen LogP contribution in [0.2, 0.25) is 0 Å². The molecular formula is C14H28O3. The van der Waals surface area contributed by atoms with Gasteiger partial charge >= 0.3 is 5.97 Å². The molecule has 0 rings (SSSR count). The SMILES string of the molecule is CC(C)(C)OCCCCCC(=O)OC(C)(C)C. The Labute approximate surface area is 106 Å². The van der Waals surface area contributed by atoms with Gasteiger partial charge in [0, 0.05) is 13.0 Å². The van der Waals surface area contributed by atoms with Gasteiger partial charge in [-0.05, 0) is 54.4 Å². The Kier molecular flexibility index (Phi) is 6.76. The third kappa shape index (κ3) is 13.4. The zero-order valence-corrected chi connectivity index (χ0v) is 12.3. The molecule has 0 unspecified atom stereocenters. The van der Waals surface area contributed by atoms with E-state index in [1.165, 1.54) is 0 Å². The van der Waals surface area contributed by atoms with Crippen LogP contribution in [0.15, 0.2) is 0 Å². The maximum Gasteiger partial charge on any atom is 0.306 e. The van der Waals surface area contributed by atoms with Gasteiger partial charge in [-0.25, -0.2) is 0 Å². The standard InChI is InChI=1S/C14H28O3/c1-13(2,3)16-11-9-7-8-10-12(15)17-14(4,5)6/h7-11H2,1-6H3. The molecule has 102 valence electrons. The second-order valence-corrected chi connectivity index (χ2v) is 6.36. The van der Waals surface area contributed by atoms with Crippen LogP contribution in [0.4, 0.5) is 0 Å². The topological polar surface area (TPSA) is 35.5 Å². The maximum absolute atomic E-state index is 11.4. The van der Waals surface area contributed by atoms with Gasteiger partial charge in [-0.1, -0.05) is 6.42 Å². The van der Waals surface area contributed by atoms with E-state index in [4.69, 9.17) is 9.47 Å². The minimum absolute atomic E-state index is 0.0643. The van der Waals surface area contributed by atoms with E-state index < -0.39 is 0 Å². The molecule has 0 spiro atoms. The maximum atomic E-state index is 11.4. The van der Waals surface area contributed by atoms with Crippen molar-refractivity contribution in [1.82, 2.24) is 0 Å². The number of ether oxygens (including phenoxy) is 2. The van der Waals surface area contributed by atoms with Crippen LogP contribution in [0, 0.1) is 0 Å². The molecule has 0 aliphatic rings. The van der Waals surface area contributed by atoms with E-state index in [0.29, 0.717) is 6.42 Å². The first-order valence-corrected chi connectivity index (χ1v) is 6.46. The highest BCUT2D eigenvalue weighted by atomic mass is 16.6. The lowest BCUT2D eigenvalue weighted by Gasteiger charge is -2.20. The molecule has 0 saturated heterocycles. The van der Waals surface area contributed by atoms with Gasteiger partial charge in [0.05, 0.1) is 5.60 Å². The minimum atomic E-state index is -0.369. The number of hydrogen-bond acceptors (Lipinski definition) is 3. The summed E-state index contributed by atoms with van der Waals surface area (Å²) in [4.78, 5) is 11.4. The summed E-state index contributed by atoms with van der Waals surface area (Å²) in [5.74, 6) is -0.103. The lowest BCUT2D eigenvalue weighted by atomic mass is 10.1. The quantitative estimate of drug-likeness (QED) is 0.528. The van der Waals surface area contributed by atoms with Gasteiger partial charge in [0.25, 0.3) is 0 Å². The first kappa shape index (κ1) is 16.4. The van der Waals surface area contributed by atoms with Gasteiger partial charge in [0.15, 0.2) is 0 Å². The third-order valence-corrected chi connectivity index (χ3v) is 1.98. The molecule has 0 atom stereocenters. The van der Waals surface area contributed by atoms with Crippen LogP contribution in [0.5, 0.6) is 0 Å². The molecule has 0 fully saturated rings. The van der Waals surface area contributed by atoms with Crippen molar-refractivity contribution in [3.05, 3.63) is 0 Å². The highest BCUT2D eigenvalue weighted by Crippen LogP contribution is 2.12. The summed E-state index contributed by atoms with van der Waals surface area (Å²) < 4.78 is 10.8. The fourth-order valence-corrected chi connectivity index (χ4v) is 1.32. The zero-order valence-electron chi connectivity index (χ0n) is 12.3. The lowest BCUT2D eigenvalue weighted by molar-refractivity contribution is -0.154. The van der Waals surface area contributed by atoms with E-state index in [9.17, 15) is 4.79 Å². The van der Waals surface area contributed by atoms with Crippen LogP contribution < -0.4 is 0 Å². The molecule has 0 N–H and O–H groups in total. The Morgan fingerprint density at radius 2 is 1.47 bits per heavy atom. The molecule has 0 amide bonds. The summed E-state index contributed by atoms with van der Waals surface area (Å²) in [6, 6.07) is 0. The number of rotatable bonds is 6. The molecule has 17 heavy (non-hydrogen) atoms. The van der Waals surface area contributed by atoms with Crippen molar-refractivity contribution in [3.63, 3.8) is 0 Å². The average molecular weight is 244 g/mol. The van der Waals surface area contributed by atoms with E-state index in [-0.39, 0.29) is 17.2 Å². The van der Waals surface area contributed by atoms with Crippen LogP contribution in [0.1, 0.15) is 67.2 Å². The van der Waals surface area contributed by atoms with Crippen LogP contribution in [-0.2, 0) is 14.3 Å². The van der Waals surface area contributed by atoms with Gasteiger partial charge in [0.2, 0.25) is 0 Å². The minimum Gasteiger partial charge on any atom is -0.460 e. The van der Waals surface area contributed by atoms with Gasteiger partial charge in [0.1, 0.15) is 5.60 Å². The molecular weight excluding hydrogens is 216 g/mol. The number of carbonyl (C=O) groups excluding carboxylic acids is 1. The summed E-state index contributed by atoms with van der Waals surface area (Å²) in [5.41, 5.74) is -0.433. The molecule has 0 aliphatic carbocycles. The van der Waals surface area contributed by atoms with Crippen LogP contribution >= 0.6 is 0 Å². The molecule has 0 bridgehead atoms. The van der Waals surface area contributed by atoms with Gasteiger partial charge in [-0.2, -0.15) is 0 Å². The van der Waals surface area contributed by atoms with Crippen LogP contribution in [0.3, 0.4) is 0 Å². The molecule has 0 saturated carbocycles. The van der Waals surface area contributed by atoms with Crippen molar-refractivity contribution in [2.75, 3.05) is 6.61 Å².